The molecule has 1 amide bonds. The van der Waals surface area contributed by atoms with E-state index in [1.165, 1.54) is 11.8 Å². The number of likely N-dealkylation sites (N-methyl/N-ethyl adjacent to an activating group) is 1. The number of thioether (sulfide) groups is 1. The van der Waals surface area contributed by atoms with Crippen molar-refractivity contribution in [3.05, 3.63) is 34.1 Å². The maximum Gasteiger partial charge on any atom is 0.277 e. The zero-order valence-corrected chi connectivity index (χ0v) is 17.9. The van der Waals surface area contributed by atoms with Gasteiger partial charge in [0.25, 0.3) is 5.22 Å². The topological polar surface area (TPSA) is 71.7 Å². The second-order valence-corrected chi connectivity index (χ2v) is 8.23. The number of aromatic nitrogens is 2. The number of hydrogen-bond acceptors (Lipinski definition) is 7. The van der Waals surface area contributed by atoms with Crippen LogP contribution < -0.4 is 4.74 Å². The minimum atomic E-state index is 0.103. The fraction of sp³-hybridized carbons (Fsp3) is 0.500. The highest BCUT2D eigenvalue weighted by Gasteiger charge is 2.20. The summed E-state index contributed by atoms with van der Waals surface area (Å²) in [5.41, 5.74) is 0. The Balaban J connectivity index is 1.36. The van der Waals surface area contributed by atoms with E-state index in [4.69, 9.17) is 32.4 Å². The molecule has 7 nitrogen and oxygen atoms in total. The predicted octanol–water partition coefficient (Wildman–Crippen LogP) is 3.25. The lowest BCUT2D eigenvalue weighted by atomic mass is 10.3. The molecule has 1 aromatic heterocycles. The average Bonchev–Trinajstić information content (AvgIpc) is 3.13. The Hall–Kier alpha value is -1.48. The molecule has 0 saturated carbocycles. The second kappa shape index (κ2) is 10.3. The molecule has 0 spiro atoms. The van der Waals surface area contributed by atoms with Gasteiger partial charge in [-0.05, 0) is 31.7 Å². The van der Waals surface area contributed by atoms with E-state index in [0.29, 0.717) is 52.1 Å². The van der Waals surface area contributed by atoms with E-state index < -0.39 is 0 Å². The highest BCUT2D eigenvalue weighted by atomic mass is 35.5. The van der Waals surface area contributed by atoms with Crippen LogP contribution in [0.4, 0.5) is 0 Å². The molecule has 2 aromatic rings. The Morgan fingerprint density at radius 1 is 1.25 bits per heavy atom. The molecule has 0 aliphatic carbocycles. The zero-order chi connectivity index (χ0) is 19.9. The summed E-state index contributed by atoms with van der Waals surface area (Å²) < 4.78 is 11.2. The predicted molar refractivity (Wildman–Crippen MR) is 109 cm³/mol. The van der Waals surface area contributed by atoms with Crippen LogP contribution in [0.5, 0.6) is 5.75 Å². The number of carbonyl (C=O) groups excluding carboxylic acids is 1. The molecule has 152 valence electrons. The van der Waals surface area contributed by atoms with Gasteiger partial charge in [-0.25, -0.2) is 0 Å². The van der Waals surface area contributed by atoms with E-state index in [1.54, 1.807) is 18.2 Å². The van der Waals surface area contributed by atoms with Crippen LogP contribution in [0.1, 0.15) is 12.3 Å². The van der Waals surface area contributed by atoms with Crippen molar-refractivity contribution in [3.8, 4) is 5.75 Å². The lowest BCUT2D eigenvalue weighted by Gasteiger charge is -2.32. The fourth-order valence-electron chi connectivity index (χ4n) is 2.67. The maximum atomic E-state index is 12.2. The molecule has 1 saturated heterocycles. The molecule has 0 bridgehead atoms. The number of aryl methyl sites for hydroxylation is 1. The second-order valence-electron chi connectivity index (χ2n) is 6.46. The first kappa shape index (κ1) is 21.2. The SMILES string of the molecule is CN1CCN(C(=O)CSc2nnc(CCCOc3ccc(Cl)cc3Cl)o2)CC1. The third-order valence-electron chi connectivity index (χ3n) is 4.31. The van der Waals surface area contributed by atoms with Crippen molar-refractivity contribution in [2.45, 2.75) is 18.1 Å². The number of ether oxygens (including phenoxy) is 1. The summed E-state index contributed by atoms with van der Waals surface area (Å²) in [5.74, 6) is 1.53. The summed E-state index contributed by atoms with van der Waals surface area (Å²) in [6, 6.07) is 5.11. The summed E-state index contributed by atoms with van der Waals surface area (Å²) in [6.45, 7) is 3.81. The van der Waals surface area contributed by atoms with Crippen molar-refractivity contribution in [3.63, 3.8) is 0 Å². The van der Waals surface area contributed by atoms with Crippen LogP contribution in [0.2, 0.25) is 10.0 Å². The number of amides is 1. The first-order valence-corrected chi connectivity index (χ1v) is 10.7. The van der Waals surface area contributed by atoms with Gasteiger partial charge in [-0.3, -0.25) is 4.79 Å². The molecule has 1 aliphatic rings. The van der Waals surface area contributed by atoms with Crippen molar-refractivity contribution < 1.29 is 13.9 Å². The molecule has 3 rings (SSSR count). The molecule has 10 heteroatoms. The number of carbonyl (C=O) groups is 1. The minimum Gasteiger partial charge on any atom is -0.492 e. The van der Waals surface area contributed by atoms with Crippen LogP contribution in [0.25, 0.3) is 0 Å². The third kappa shape index (κ3) is 6.27. The standard InChI is InChI=1S/C18H22Cl2N4O3S/c1-23-6-8-24(9-7-23)17(25)12-28-18-22-21-16(27-18)3-2-10-26-15-5-4-13(19)11-14(15)20/h4-5,11H,2-3,6-10,12H2,1H3. The minimum absolute atomic E-state index is 0.103. The summed E-state index contributed by atoms with van der Waals surface area (Å²) in [6.07, 6.45) is 1.29. The molecule has 0 unspecified atom stereocenters. The zero-order valence-electron chi connectivity index (χ0n) is 15.6. The van der Waals surface area contributed by atoms with Crippen LogP contribution >= 0.6 is 35.0 Å². The monoisotopic (exact) mass is 444 g/mol. The number of rotatable bonds is 8. The van der Waals surface area contributed by atoms with Gasteiger partial charge in [0, 0.05) is 37.6 Å². The van der Waals surface area contributed by atoms with Crippen molar-refractivity contribution in [2.24, 2.45) is 0 Å². The van der Waals surface area contributed by atoms with Gasteiger partial charge < -0.3 is 19.0 Å². The average molecular weight is 445 g/mol. The Bertz CT molecular complexity index is 797. The van der Waals surface area contributed by atoms with E-state index in [2.05, 4.69) is 22.1 Å². The van der Waals surface area contributed by atoms with Crippen LogP contribution in [0.3, 0.4) is 0 Å². The molecule has 1 aliphatic heterocycles. The van der Waals surface area contributed by atoms with Gasteiger partial charge in [0.2, 0.25) is 11.8 Å². The molecule has 0 N–H and O–H groups in total. The van der Waals surface area contributed by atoms with Gasteiger partial charge in [-0.15, -0.1) is 10.2 Å². The normalized spacial score (nSPS) is 15.0. The van der Waals surface area contributed by atoms with Gasteiger partial charge >= 0.3 is 0 Å². The number of halogens is 2. The van der Waals surface area contributed by atoms with Crippen molar-refractivity contribution >= 4 is 40.9 Å². The van der Waals surface area contributed by atoms with E-state index in [9.17, 15) is 4.79 Å². The van der Waals surface area contributed by atoms with E-state index in [-0.39, 0.29) is 5.91 Å². The lowest BCUT2D eigenvalue weighted by Crippen LogP contribution is -2.47. The Labute approximate surface area is 178 Å². The Morgan fingerprint density at radius 2 is 2.04 bits per heavy atom. The van der Waals surface area contributed by atoms with Gasteiger partial charge in [-0.1, -0.05) is 35.0 Å². The number of piperazine rings is 1. The fourth-order valence-corrected chi connectivity index (χ4v) is 3.81. The summed E-state index contributed by atoms with van der Waals surface area (Å²) in [7, 11) is 2.06. The summed E-state index contributed by atoms with van der Waals surface area (Å²) in [4.78, 5) is 16.3. The molecule has 1 fully saturated rings. The van der Waals surface area contributed by atoms with Gasteiger partial charge in [0.15, 0.2) is 0 Å². The summed E-state index contributed by atoms with van der Waals surface area (Å²) in [5, 5.41) is 9.48. The third-order valence-corrected chi connectivity index (χ3v) is 5.64. The molecular formula is C18H22Cl2N4O3S. The molecular weight excluding hydrogens is 423 g/mol. The Kier molecular flexibility index (Phi) is 7.84. The highest BCUT2D eigenvalue weighted by molar-refractivity contribution is 7.99. The van der Waals surface area contributed by atoms with Crippen LogP contribution in [-0.4, -0.2) is 71.5 Å². The highest BCUT2D eigenvalue weighted by Crippen LogP contribution is 2.27. The molecule has 1 aromatic carbocycles. The number of hydrogen-bond donors (Lipinski definition) is 0. The van der Waals surface area contributed by atoms with E-state index in [1.807, 2.05) is 4.90 Å². The van der Waals surface area contributed by atoms with Crippen molar-refractivity contribution in [1.82, 2.24) is 20.0 Å². The Morgan fingerprint density at radius 3 is 2.79 bits per heavy atom. The smallest absolute Gasteiger partial charge is 0.277 e. The molecule has 0 radical (unpaired) electrons. The van der Waals surface area contributed by atoms with E-state index in [0.717, 1.165) is 26.2 Å². The summed E-state index contributed by atoms with van der Waals surface area (Å²) >= 11 is 13.2. The van der Waals surface area contributed by atoms with Gasteiger partial charge in [-0.2, -0.15) is 0 Å². The van der Waals surface area contributed by atoms with E-state index >= 15 is 0 Å². The molecule has 0 atom stereocenters. The van der Waals surface area contributed by atoms with Crippen molar-refractivity contribution in [2.75, 3.05) is 45.6 Å². The van der Waals surface area contributed by atoms with Gasteiger partial charge in [0.05, 0.1) is 17.4 Å². The molecule has 28 heavy (non-hydrogen) atoms. The van der Waals surface area contributed by atoms with Gasteiger partial charge in [0.1, 0.15) is 5.75 Å². The number of nitrogens with zero attached hydrogens (tertiary/aromatic N) is 4. The first-order chi connectivity index (χ1) is 13.5. The lowest BCUT2D eigenvalue weighted by molar-refractivity contribution is -0.129. The van der Waals surface area contributed by atoms with Crippen molar-refractivity contribution in [1.29, 1.82) is 0 Å². The molecule has 2 heterocycles. The maximum absolute atomic E-state index is 12.2. The largest absolute Gasteiger partial charge is 0.492 e. The van der Waals surface area contributed by atoms with Crippen LogP contribution in [0.15, 0.2) is 27.8 Å². The van der Waals surface area contributed by atoms with Crippen LogP contribution in [0, 0.1) is 0 Å². The quantitative estimate of drug-likeness (QED) is 0.456. The number of benzene rings is 1. The first-order valence-electron chi connectivity index (χ1n) is 9.00. The van der Waals surface area contributed by atoms with Crippen LogP contribution in [-0.2, 0) is 11.2 Å².